The molecule has 0 fully saturated rings. The summed E-state index contributed by atoms with van der Waals surface area (Å²) in [6, 6.07) is 4.34. The number of aryl methyl sites for hydroxylation is 1. The second kappa shape index (κ2) is 39.7. The molecule has 0 unspecified atom stereocenters. The molecule has 1 rings (SSSR count). The summed E-state index contributed by atoms with van der Waals surface area (Å²) in [5, 5.41) is 11.1. The first-order valence-electron chi connectivity index (χ1n) is 24.6. The van der Waals surface area contributed by atoms with Crippen molar-refractivity contribution in [3.8, 4) is 5.75 Å². The molecule has 0 aliphatic rings. The van der Waals surface area contributed by atoms with Crippen molar-refractivity contribution in [2.24, 2.45) is 0 Å². The van der Waals surface area contributed by atoms with Gasteiger partial charge >= 0.3 is 0 Å². The van der Waals surface area contributed by atoms with E-state index in [-0.39, 0.29) is 0 Å². The Labute approximate surface area is 329 Å². The Morgan fingerprint density at radius 3 is 0.788 bits per heavy atom. The lowest BCUT2D eigenvalue weighted by atomic mass is 9.89. The number of benzene rings is 1. The SMILES string of the molecule is CCCCCCCCCCCCCCCc1ccc(O)c(CCCCCCCCCCCCCCC)c1CCCCCCCCCCCCCCC. The molecule has 0 radical (unpaired) electrons. The maximum Gasteiger partial charge on any atom is 0.119 e. The van der Waals surface area contributed by atoms with Gasteiger partial charge in [-0.2, -0.15) is 0 Å². The number of phenolic OH excluding ortho intramolecular Hbond substituents is 1. The summed E-state index contributed by atoms with van der Waals surface area (Å²) in [6.07, 6.45) is 58.3. The van der Waals surface area contributed by atoms with Crippen LogP contribution >= 0.6 is 0 Å². The van der Waals surface area contributed by atoms with Crippen molar-refractivity contribution in [1.29, 1.82) is 0 Å². The fraction of sp³-hybridized carbons (Fsp3) is 0.882. The van der Waals surface area contributed by atoms with E-state index in [4.69, 9.17) is 0 Å². The first-order valence-corrected chi connectivity index (χ1v) is 24.6. The van der Waals surface area contributed by atoms with Crippen LogP contribution in [0, 0.1) is 0 Å². The third-order valence-corrected chi connectivity index (χ3v) is 12.1. The molecular formula is C51H96O. The Bertz CT molecular complexity index is 842. The van der Waals surface area contributed by atoms with Crippen molar-refractivity contribution < 1.29 is 5.11 Å². The molecule has 0 aromatic heterocycles. The summed E-state index contributed by atoms with van der Waals surface area (Å²) in [4.78, 5) is 0. The predicted octanol–water partition coefficient (Wildman–Crippen LogP) is 18.3. The number of rotatable bonds is 42. The molecule has 0 aliphatic heterocycles. The average Bonchev–Trinajstić information content (AvgIpc) is 3.15. The van der Waals surface area contributed by atoms with Gasteiger partial charge in [-0.15, -0.1) is 0 Å². The van der Waals surface area contributed by atoms with Gasteiger partial charge in [-0.1, -0.05) is 258 Å². The molecule has 306 valence electrons. The second-order valence-corrected chi connectivity index (χ2v) is 17.2. The third-order valence-electron chi connectivity index (χ3n) is 12.1. The minimum Gasteiger partial charge on any atom is -0.508 e. The van der Waals surface area contributed by atoms with Gasteiger partial charge in [0.1, 0.15) is 5.75 Å². The molecule has 0 amide bonds. The maximum absolute atomic E-state index is 11.1. The number of unbranched alkanes of at least 4 members (excludes halogenated alkanes) is 36. The van der Waals surface area contributed by atoms with Crippen LogP contribution in [0.25, 0.3) is 0 Å². The van der Waals surface area contributed by atoms with Crippen LogP contribution in [0.15, 0.2) is 12.1 Å². The number of aromatic hydroxyl groups is 1. The Hall–Kier alpha value is -0.980. The minimum atomic E-state index is 0.581. The van der Waals surface area contributed by atoms with Crippen molar-refractivity contribution in [2.45, 2.75) is 290 Å². The molecule has 0 atom stereocenters. The summed E-state index contributed by atoms with van der Waals surface area (Å²) in [5.74, 6) is 0.581. The monoisotopic (exact) mass is 725 g/mol. The zero-order valence-electron chi connectivity index (χ0n) is 36.3. The number of hydrogen-bond acceptors (Lipinski definition) is 1. The van der Waals surface area contributed by atoms with Crippen LogP contribution < -0.4 is 0 Å². The van der Waals surface area contributed by atoms with E-state index < -0.39 is 0 Å². The molecule has 1 aromatic carbocycles. The summed E-state index contributed by atoms with van der Waals surface area (Å²) in [5.41, 5.74) is 4.42. The standard InChI is InChI=1S/C51H96O/c1-4-7-10-13-16-19-22-25-28-31-34-37-40-43-48-46-47-51(52)50(45-42-39-36-33-30-27-24-21-18-15-12-9-6-3)49(48)44-41-38-35-32-29-26-23-20-17-14-11-8-5-2/h46-47,52H,4-45H2,1-3H3. The van der Waals surface area contributed by atoms with E-state index >= 15 is 0 Å². The zero-order valence-corrected chi connectivity index (χ0v) is 36.3. The van der Waals surface area contributed by atoms with Gasteiger partial charge in [0.25, 0.3) is 0 Å². The normalized spacial score (nSPS) is 11.6. The van der Waals surface area contributed by atoms with Gasteiger partial charge in [0.15, 0.2) is 0 Å². The zero-order chi connectivity index (χ0) is 37.4. The lowest BCUT2D eigenvalue weighted by Gasteiger charge is -2.17. The van der Waals surface area contributed by atoms with Crippen molar-refractivity contribution in [3.05, 3.63) is 28.8 Å². The highest BCUT2D eigenvalue weighted by Gasteiger charge is 2.13. The van der Waals surface area contributed by atoms with Crippen LogP contribution in [0.2, 0.25) is 0 Å². The molecule has 0 bridgehead atoms. The van der Waals surface area contributed by atoms with Crippen molar-refractivity contribution in [3.63, 3.8) is 0 Å². The van der Waals surface area contributed by atoms with Crippen LogP contribution in [-0.2, 0) is 19.3 Å². The molecule has 0 heterocycles. The summed E-state index contributed by atoms with van der Waals surface area (Å²) in [7, 11) is 0. The van der Waals surface area contributed by atoms with E-state index in [9.17, 15) is 5.11 Å². The van der Waals surface area contributed by atoms with E-state index in [2.05, 4.69) is 26.8 Å². The summed E-state index contributed by atoms with van der Waals surface area (Å²) >= 11 is 0. The highest BCUT2D eigenvalue weighted by molar-refractivity contribution is 5.45. The maximum atomic E-state index is 11.1. The smallest absolute Gasteiger partial charge is 0.119 e. The van der Waals surface area contributed by atoms with Gasteiger partial charge < -0.3 is 5.11 Å². The number of phenols is 1. The van der Waals surface area contributed by atoms with E-state index in [0.29, 0.717) is 5.75 Å². The lowest BCUT2D eigenvalue weighted by Crippen LogP contribution is -2.03. The van der Waals surface area contributed by atoms with Crippen LogP contribution in [0.3, 0.4) is 0 Å². The highest BCUT2D eigenvalue weighted by atomic mass is 16.3. The minimum absolute atomic E-state index is 0.581. The van der Waals surface area contributed by atoms with Gasteiger partial charge in [-0.3, -0.25) is 0 Å². The first kappa shape index (κ1) is 49.0. The highest BCUT2D eigenvalue weighted by Crippen LogP contribution is 2.30. The van der Waals surface area contributed by atoms with Gasteiger partial charge in [-0.05, 0) is 61.3 Å². The first-order chi connectivity index (χ1) is 25.7. The molecule has 0 saturated carbocycles. The lowest BCUT2D eigenvalue weighted by molar-refractivity contribution is 0.463. The van der Waals surface area contributed by atoms with E-state index in [1.807, 2.05) is 6.07 Å². The average molecular weight is 725 g/mol. The largest absolute Gasteiger partial charge is 0.508 e. The van der Waals surface area contributed by atoms with E-state index in [0.717, 1.165) is 6.42 Å². The van der Waals surface area contributed by atoms with E-state index in [1.165, 1.54) is 269 Å². The molecule has 0 saturated heterocycles. The predicted molar refractivity (Wildman–Crippen MR) is 236 cm³/mol. The Balaban J connectivity index is 2.42. The van der Waals surface area contributed by atoms with E-state index in [1.54, 1.807) is 11.1 Å². The molecule has 52 heavy (non-hydrogen) atoms. The molecule has 1 aromatic rings. The number of hydrogen-bond donors (Lipinski definition) is 1. The Morgan fingerprint density at radius 2 is 0.500 bits per heavy atom. The van der Waals surface area contributed by atoms with Gasteiger partial charge in [-0.25, -0.2) is 0 Å². The molecule has 1 heteroatoms. The topological polar surface area (TPSA) is 20.2 Å². The second-order valence-electron chi connectivity index (χ2n) is 17.2. The van der Waals surface area contributed by atoms with Gasteiger partial charge in [0.05, 0.1) is 0 Å². The van der Waals surface area contributed by atoms with Crippen LogP contribution in [0.5, 0.6) is 5.75 Å². The molecular weight excluding hydrogens is 629 g/mol. The Kier molecular flexibility index (Phi) is 37.4. The van der Waals surface area contributed by atoms with Crippen LogP contribution in [0.1, 0.15) is 288 Å². The van der Waals surface area contributed by atoms with Crippen molar-refractivity contribution >= 4 is 0 Å². The molecule has 0 spiro atoms. The fourth-order valence-corrected chi connectivity index (χ4v) is 8.53. The molecule has 1 N–H and O–H groups in total. The van der Waals surface area contributed by atoms with Gasteiger partial charge in [0, 0.05) is 0 Å². The molecule has 1 nitrogen and oxygen atoms in total. The van der Waals surface area contributed by atoms with Crippen molar-refractivity contribution in [2.75, 3.05) is 0 Å². The summed E-state index contributed by atoms with van der Waals surface area (Å²) < 4.78 is 0. The van der Waals surface area contributed by atoms with Crippen LogP contribution in [0.4, 0.5) is 0 Å². The third kappa shape index (κ3) is 30.4. The summed E-state index contributed by atoms with van der Waals surface area (Å²) in [6.45, 7) is 6.92. The molecule has 0 aliphatic carbocycles. The Morgan fingerprint density at radius 1 is 0.269 bits per heavy atom. The fourth-order valence-electron chi connectivity index (χ4n) is 8.53. The quantitative estimate of drug-likeness (QED) is 0.0666. The van der Waals surface area contributed by atoms with Gasteiger partial charge in [0.2, 0.25) is 0 Å². The van der Waals surface area contributed by atoms with Crippen LogP contribution in [-0.4, -0.2) is 5.11 Å². The van der Waals surface area contributed by atoms with Crippen molar-refractivity contribution in [1.82, 2.24) is 0 Å².